The van der Waals surface area contributed by atoms with E-state index in [-0.39, 0.29) is 6.10 Å². The Kier molecular flexibility index (Phi) is 5.00. The third kappa shape index (κ3) is 3.51. The van der Waals surface area contributed by atoms with Gasteiger partial charge in [-0.1, -0.05) is 30.5 Å². The number of nitrogens with zero attached hydrogens (tertiary/aromatic N) is 3. The van der Waals surface area contributed by atoms with E-state index in [9.17, 15) is 9.18 Å². The van der Waals surface area contributed by atoms with Crippen LogP contribution in [0.3, 0.4) is 0 Å². The number of carbonyl (C=O) groups excluding carboxylic acids is 1. The lowest BCUT2D eigenvalue weighted by Crippen LogP contribution is -2.33. The number of carbonyl (C=O) groups is 1. The van der Waals surface area contributed by atoms with Crippen molar-refractivity contribution in [3.8, 4) is 10.6 Å². The SMILES string of the molecule is CCC(=S)NCC1CN(c2ccc(-c3nncs3)c(F)c2)C(=O)O1. The van der Waals surface area contributed by atoms with Crippen LogP contribution in [0.1, 0.15) is 13.3 Å². The number of anilines is 1. The molecule has 1 saturated heterocycles. The van der Waals surface area contributed by atoms with Gasteiger partial charge in [-0.15, -0.1) is 10.2 Å². The molecule has 0 aliphatic carbocycles. The zero-order valence-electron chi connectivity index (χ0n) is 12.9. The van der Waals surface area contributed by atoms with Gasteiger partial charge in [-0.05, 0) is 24.6 Å². The minimum Gasteiger partial charge on any atom is -0.442 e. The zero-order valence-corrected chi connectivity index (χ0v) is 14.5. The molecule has 6 nitrogen and oxygen atoms in total. The van der Waals surface area contributed by atoms with Gasteiger partial charge in [-0.25, -0.2) is 9.18 Å². The number of aromatic nitrogens is 2. The summed E-state index contributed by atoms with van der Waals surface area (Å²) in [5.74, 6) is -0.453. The summed E-state index contributed by atoms with van der Waals surface area (Å²) < 4.78 is 19.6. The highest BCUT2D eigenvalue weighted by molar-refractivity contribution is 7.80. The number of nitrogens with one attached hydrogen (secondary N) is 1. The molecule has 0 bridgehead atoms. The Labute approximate surface area is 147 Å². The summed E-state index contributed by atoms with van der Waals surface area (Å²) in [7, 11) is 0. The van der Waals surface area contributed by atoms with Crippen molar-refractivity contribution >= 4 is 40.3 Å². The van der Waals surface area contributed by atoms with Crippen molar-refractivity contribution in [1.82, 2.24) is 15.5 Å². The predicted octanol–water partition coefficient (Wildman–Crippen LogP) is 3.00. The molecule has 2 heterocycles. The Bertz CT molecular complexity index is 754. The molecule has 9 heteroatoms. The molecule has 0 spiro atoms. The van der Waals surface area contributed by atoms with Crippen LogP contribution in [0.15, 0.2) is 23.7 Å². The third-order valence-corrected chi connectivity index (χ3v) is 4.73. The molecule has 24 heavy (non-hydrogen) atoms. The number of ether oxygens (including phenoxy) is 1. The molecule has 1 aliphatic rings. The topological polar surface area (TPSA) is 67.3 Å². The van der Waals surface area contributed by atoms with Gasteiger partial charge in [0.2, 0.25) is 0 Å². The van der Waals surface area contributed by atoms with E-state index >= 15 is 0 Å². The molecular formula is C15H15FN4O2S2. The molecule has 3 rings (SSSR count). The van der Waals surface area contributed by atoms with Gasteiger partial charge in [0.25, 0.3) is 0 Å². The van der Waals surface area contributed by atoms with Gasteiger partial charge >= 0.3 is 6.09 Å². The molecule has 1 aliphatic heterocycles. The number of hydrogen-bond acceptors (Lipinski definition) is 6. The van der Waals surface area contributed by atoms with Crippen molar-refractivity contribution in [2.45, 2.75) is 19.4 Å². The molecule has 0 radical (unpaired) electrons. The number of halogens is 1. The summed E-state index contributed by atoms with van der Waals surface area (Å²) >= 11 is 6.34. The van der Waals surface area contributed by atoms with Gasteiger partial charge in [-0.3, -0.25) is 4.90 Å². The molecule has 1 N–H and O–H groups in total. The first kappa shape index (κ1) is 16.7. The van der Waals surface area contributed by atoms with Crippen LogP contribution in [-0.4, -0.2) is 40.5 Å². The standard InChI is InChI=1S/C15H15FN4O2S2/c1-2-13(23)17-6-10-7-20(15(21)22-10)9-3-4-11(12(16)5-9)14-19-18-8-24-14/h3-5,8,10H,2,6-7H2,1H3,(H,17,23). The van der Waals surface area contributed by atoms with Crippen molar-refractivity contribution in [2.75, 3.05) is 18.0 Å². The molecule has 126 valence electrons. The fraction of sp³-hybridized carbons (Fsp3) is 0.333. The van der Waals surface area contributed by atoms with Gasteiger partial charge in [0.05, 0.1) is 23.8 Å². The van der Waals surface area contributed by atoms with Gasteiger partial charge < -0.3 is 10.1 Å². The van der Waals surface area contributed by atoms with E-state index in [0.717, 1.165) is 11.4 Å². The summed E-state index contributed by atoms with van der Waals surface area (Å²) in [6, 6.07) is 4.58. The van der Waals surface area contributed by atoms with Gasteiger partial charge in [0, 0.05) is 5.56 Å². The highest BCUT2D eigenvalue weighted by Gasteiger charge is 2.32. The third-order valence-electron chi connectivity index (χ3n) is 3.58. The monoisotopic (exact) mass is 366 g/mol. The fourth-order valence-corrected chi connectivity index (χ4v) is 2.99. The van der Waals surface area contributed by atoms with Crippen molar-refractivity contribution in [3.63, 3.8) is 0 Å². The molecule has 1 aromatic carbocycles. The van der Waals surface area contributed by atoms with Crippen LogP contribution in [-0.2, 0) is 4.74 Å². The van der Waals surface area contributed by atoms with Crippen LogP contribution in [0.4, 0.5) is 14.9 Å². The maximum absolute atomic E-state index is 14.3. The first-order valence-corrected chi connectivity index (χ1v) is 8.68. The Morgan fingerprint density at radius 1 is 1.58 bits per heavy atom. The second kappa shape index (κ2) is 7.18. The predicted molar refractivity (Wildman–Crippen MR) is 93.8 cm³/mol. The molecule has 1 fully saturated rings. The second-order valence-electron chi connectivity index (χ2n) is 5.18. The van der Waals surface area contributed by atoms with Crippen molar-refractivity contribution in [1.29, 1.82) is 0 Å². The molecular weight excluding hydrogens is 351 g/mol. The largest absolute Gasteiger partial charge is 0.442 e. The Morgan fingerprint density at radius 3 is 3.08 bits per heavy atom. The minimum absolute atomic E-state index is 0.326. The van der Waals surface area contributed by atoms with E-state index in [1.807, 2.05) is 6.92 Å². The van der Waals surface area contributed by atoms with Crippen LogP contribution >= 0.6 is 23.6 Å². The smallest absolute Gasteiger partial charge is 0.414 e. The number of hydrogen-bond donors (Lipinski definition) is 1. The van der Waals surface area contributed by atoms with Crippen LogP contribution in [0.25, 0.3) is 10.6 Å². The summed E-state index contributed by atoms with van der Waals surface area (Å²) in [6.07, 6.45) is -0.0851. The average molecular weight is 366 g/mol. The minimum atomic E-state index is -0.493. The molecule has 1 amide bonds. The summed E-state index contributed by atoms with van der Waals surface area (Å²) in [4.78, 5) is 14.2. The average Bonchev–Trinajstić information content (AvgIpc) is 3.22. The summed E-state index contributed by atoms with van der Waals surface area (Å²) in [6.45, 7) is 2.74. The first-order valence-electron chi connectivity index (χ1n) is 7.39. The second-order valence-corrected chi connectivity index (χ2v) is 6.51. The maximum atomic E-state index is 14.3. The zero-order chi connectivity index (χ0) is 17.1. The van der Waals surface area contributed by atoms with E-state index in [0.29, 0.717) is 29.3 Å². The van der Waals surface area contributed by atoms with E-state index in [2.05, 4.69) is 15.5 Å². The normalized spacial score (nSPS) is 17.0. The van der Waals surface area contributed by atoms with E-state index in [4.69, 9.17) is 17.0 Å². The van der Waals surface area contributed by atoms with Crippen molar-refractivity contribution in [3.05, 3.63) is 29.5 Å². The quantitative estimate of drug-likeness (QED) is 0.821. The number of thiocarbonyl (C=S) groups is 1. The van der Waals surface area contributed by atoms with E-state index < -0.39 is 11.9 Å². The first-order chi connectivity index (χ1) is 11.6. The number of amides is 1. The summed E-state index contributed by atoms with van der Waals surface area (Å²) in [5.41, 5.74) is 2.35. The fourth-order valence-electron chi connectivity index (χ4n) is 2.33. The van der Waals surface area contributed by atoms with Crippen LogP contribution in [0.2, 0.25) is 0 Å². The number of benzene rings is 1. The Balaban J connectivity index is 1.71. The lowest BCUT2D eigenvalue weighted by Gasteiger charge is -2.14. The summed E-state index contributed by atoms with van der Waals surface area (Å²) in [5, 5.41) is 11.1. The molecule has 1 atom stereocenters. The Hall–Kier alpha value is -2.13. The lowest BCUT2D eigenvalue weighted by atomic mass is 10.2. The maximum Gasteiger partial charge on any atom is 0.414 e. The lowest BCUT2D eigenvalue weighted by molar-refractivity contribution is 0.143. The van der Waals surface area contributed by atoms with Crippen LogP contribution in [0.5, 0.6) is 0 Å². The number of rotatable bonds is 5. The van der Waals surface area contributed by atoms with Crippen molar-refractivity contribution in [2.24, 2.45) is 0 Å². The molecule has 2 aromatic rings. The van der Waals surface area contributed by atoms with E-state index in [1.54, 1.807) is 17.6 Å². The molecule has 1 aromatic heterocycles. The van der Waals surface area contributed by atoms with Crippen molar-refractivity contribution < 1.29 is 13.9 Å². The van der Waals surface area contributed by atoms with Crippen LogP contribution < -0.4 is 10.2 Å². The Morgan fingerprint density at radius 2 is 2.42 bits per heavy atom. The molecule has 0 saturated carbocycles. The number of cyclic esters (lactones) is 1. The highest BCUT2D eigenvalue weighted by Crippen LogP contribution is 2.29. The van der Waals surface area contributed by atoms with E-state index in [1.165, 1.54) is 22.3 Å². The van der Waals surface area contributed by atoms with Gasteiger partial charge in [0.15, 0.2) is 0 Å². The van der Waals surface area contributed by atoms with Crippen LogP contribution in [0, 0.1) is 5.82 Å². The highest BCUT2D eigenvalue weighted by atomic mass is 32.1. The molecule has 1 unspecified atom stereocenters. The van der Waals surface area contributed by atoms with Gasteiger partial charge in [0.1, 0.15) is 22.4 Å². The van der Waals surface area contributed by atoms with Gasteiger partial charge in [-0.2, -0.15) is 0 Å².